The van der Waals surface area contributed by atoms with Crippen molar-refractivity contribution in [3.8, 4) is 0 Å². The van der Waals surface area contributed by atoms with Crippen LogP contribution in [-0.2, 0) is 16.4 Å². The number of amides is 1. The van der Waals surface area contributed by atoms with Gasteiger partial charge in [-0.05, 0) is 55.3 Å². The van der Waals surface area contributed by atoms with Crippen molar-refractivity contribution < 1.29 is 13.2 Å². The number of benzene rings is 2. The topological polar surface area (TPSA) is 95.2 Å². The molecule has 0 saturated heterocycles. The Balaban J connectivity index is 1.61. The molecule has 0 bridgehead atoms. The third kappa shape index (κ3) is 2.82. The van der Waals surface area contributed by atoms with Crippen LogP contribution in [0, 0.1) is 0 Å². The van der Waals surface area contributed by atoms with Crippen LogP contribution in [-0.4, -0.2) is 36.8 Å². The molecule has 2 aromatic carbocycles. The molecule has 1 aliphatic heterocycles. The minimum absolute atomic E-state index is 0.151. The summed E-state index contributed by atoms with van der Waals surface area (Å²) in [6, 6.07) is 10.5. The zero-order valence-corrected chi connectivity index (χ0v) is 15.2. The van der Waals surface area contributed by atoms with E-state index >= 15 is 0 Å². The first-order chi connectivity index (χ1) is 12.3. The average Bonchev–Trinajstić information content (AvgIpc) is 3.15. The Morgan fingerprint density at radius 1 is 1.27 bits per heavy atom. The summed E-state index contributed by atoms with van der Waals surface area (Å²) in [5, 5.41) is 10.6. The standard InChI is InChI=1S/C18H18N4O3S/c1-11-7-13-8-12(3-6-17(13)22(11)26(2,24)25)18(23)20-15-4-5-16-14(9-15)10-19-21-16/h3-6,8-11H,7H2,1-2H3,(H,19,21)(H,20,23). The van der Waals surface area contributed by atoms with E-state index < -0.39 is 10.0 Å². The number of rotatable bonds is 3. The van der Waals surface area contributed by atoms with Crippen molar-refractivity contribution in [2.24, 2.45) is 0 Å². The van der Waals surface area contributed by atoms with Gasteiger partial charge in [-0.3, -0.25) is 14.2 Å². The SMILES string of the molecule is CC1Cc2cc(C(=O)Nc3ccc4[nH]ncc4c3)ccc2N1S(C)(=O)=O. The second kappa shape index (κ2) is 5.84. The molecule has 7 nitrogen and oxygen atoms in total. The van der Waals surface area contributed by atoms with E-state index in [-0.39, 0.29) is 11.9 Å². The maximum atomic E-state index is 12.6. The highest BCUT2D eigenvalue weighted by Crippen LogP contribution is 2.34. The molecule has 1 aliphatic rings. The van der Waals surface area contributed by atoms with Gasteiger partial charge in [0.05, 0.1) is 23.7 Å². The molecular weight excluding hydrogens is 352 g/mol. The zero-order valence-electron chi connectivity index (χ0n) is 14.4. The second-order valence-electron chi connectivity index (χ2n) is 6.58. The zero-order chi connectivity index (χ0) is 18.5. The molecule has 26 heavy (non-hydrogen) atoms. The molecular formula is C18H18N4O3S. The number of anilines is 2. The highest BCUT2D eigenvalue weighted by atomic mass is 32.2. The van der Waals surface area contributed by atoms with Crippen LogP contribution in [0.5, 0.6) is 0 Å². The number of hydrogen-bond donors (Lipinski definition) is 2. The predicted molar refractivity (Wildman–Crippen MR) is 101 cm³/mol. The Hall–Kier alpha value is -2.87. The minimum atomic E-state index is -3.34. The van der Waals surface area contributed by atoms with Crippen LogP contribution in [0.25, 0.3) is 10.9 Å². The molecule has 2 N–H and O–H groups in total. The molecule has 3 aromatic rings. The van der Waals surface area contributed by atoms with Crippen molar-refractivity contribution in [3.05, 3.63) is 53.7 Å². The van der Waals surface area contributed by atoms with E-state index in [1.807, 2.05) is 19.1 Å². The molecule has 4 rings (SSSR count). The van der Waals surface area contributed by atoms with Crippen molar-refractivity contribution in [2.75, 3.05) is 15.9 Å². The van der Waals surface area contributed by atoms with Crippen LogP contribution >= 0.6 is 0 Å². The first kappa shape index (κ1) is 16.6. The number of carbonyl (C=O) groups is 1. The van der Waals surface area contributed by atoms with Gasteiger partial charge < -0.3 is 5.32 Å². The predicted octanol–water partition coefficient (Wildman–Crippen LogP) is 2.53. The number of aromatic nitrogens is 2. The maximum Gasteiger partial charge on any atom is 0.255 e. The number of nitrogens with zero attached hydrogens (tertiary/aromatic N) is 2. The van der Waals surface area contributed by atoms with Crippen LogP contribution < -0.4 is 9.62 Å². The lowest BCUT2D eigenvalue weighted by Gasteiger charge is -2.21. The van der Waals surface area contributed by atoms with Gasteiger partial charge in [-0.15, -0.1) is 0 Å². The molecule has 1 amide bonds. The largest absolute Gasteiger partial charge is 0.322 e. The van der Waals surface area contributed by atoms with Crippen molar-refractivity contribution in [1.29, 1.82) is 0 Å². The number of H-pyrrole nitrogens is 1. The third-order valence-electron chi connectivity index (χ3n) is 4.55. The van der Waals surface area contributed by atoms with Gasteiger partial charge in [0.2, 0.25) is 10.0 Å². The summed E-state index contributed by atoms with van der Waals surface area (Å²) in [6.45, 7) is 1.86. The van der Waals surface area contributed by atoms with Gasteiger partial charge in [-0.25, -0.2) is 8.42 Å². The normalized spacial score (nSPS) is 16.7. The smallest absolute Gasteiger partial charge is 0.255 e. The van der Waals surface area contributed by atoms with Crippen molar-refractivity contribution >= 4 is 38.2 Å². The number of carbonyl (C=O) groups excluding carboxylic acids is 1. The quantitative estimate of drug-likeness (QED) is 0.741. The van der Waals surface area contributed by atoms with Gasteiger partial charge in [0.1, 0.15) is 0 Å². The number of hydrogen-bond acceptors (Lipinski definition) is 4. The third-order valence-corrected chi connectivity index (χ3v) is 5.82. The van der Waals surface area contributed by atoms with Gasteiger partial charge in [0.25, 0.3) is 5.91 Å². The van der Waals surface area contributed by atoms with E-state index in [1.54, 1.807) is 30.5 Å². The Kier molecular flexibility index (Phi) is 3.73. The first-order valence-electron chi connectivity index (χ1n) is 8.20. The molecule has 0 spiro atoms. The van der Waals surface area contributed by atoms with E-state index in [9.17, 15) is 13.2 Å². The summed E-state index contributed by atoms with van der Waals surface area (Å²) in [4.78, 5) is 12.6. The van der Waals surface area contributed by atoms with E-state index in [2.05, 4.69) is 15.5 Å². The number of nitrogens with one attached hydrogen (secondary N) is 2. The molecule has 1 atom stereocenters. The summed E-state index contributed by atoms with van der Waals surface area (Å²) in [5.41, 5.74) is 3.58. The van der Waals surface area contributed by atoms with E-state index in [4.69, 9.17) is 0 Å². The molecule has 0 aliphatic carbocycles. The Bertz CT molecular complexity index is 1120. The monoisotopic (exact) mass is 370 g/mol. The molecule has 2 heterocycles. The lowest BCUT2D eigenvalue weighted by atomic mass is 10.1. The first-order valence-corrected chi connectivity index (χ1v) is 10.0. The number of aromatic amines is 1. The van der Waals surface area contributed by atoms with Crippen LogP contribution in [0.3, 0.4) is 0 Å². The molecule has 0 radical (unpaired) electrons. The van der Waals surface area contributed by atoms with Crippen molar-refractivity contribution in [1.82, 2.24) is 10.2 Å². The molecule has 0 fully saturated rings. The highest BCUT2D eigenvalue weighted by molar-refractivity contribution is 7.92. The van der Waals surface area contributed by atoms with Gasteiger partial charge in [-0.1, -0.05) is 0 Å². The van der Waals surface area contributed by atoms with Crippen molar-refractivity contribution in [3.63, 3.8) is 0 Å². The fourth-order valence-corrected chi connectivity index (χ4v) is 4.74. The lowest BCUT2D eigenvalue weighted by molar-refractivity contribution is 0.102. The Morgan fingerprint density at radius 3 is 2.85 bits per heavy atom. The van der Waals surface area contributed by atoms with Gasteiger partial charge in [0.15, 0.2) is 0 Å². The minimum Gasteiger partial charge on any atom is -0.322 e. The fraction of sp³-hybridized carbons (Fsp3) is 0.222. The van der Waals surface area contributed by atoms with E-state index in [0.717, 1.165) is 16.5 Å². The number of fused-ring (bicyclic) bond motifs is 2. The molecule has 1 unspecified atom stereocenters. The molecule has 1 aromatic heterocycles. The molecule has 0 saturated carbocycles. The average molecular weight is 370 g/mol. The van der Waals surface area contributed by atoms with Crippen LogP contribution in [0.15, 0.2) is 42.6 Å². The van der Waals surface area contributed by atoms with Crippen LogP contribution in [0.1, 0.15) is 22.8 Å². The van der Waals surface area contributed by atoms with Gasteiger partial charge in [-0.2, -0.15) is 5.10 Å². The summed E-state index contributed by atoms with van der Waals surface area (Å²) in [6.07, 6.45) is 3.48. The summed E-state index contributed by atoms with van der Waals surface area (Å²) in [5.74, 6) is -0.235. The van der Waals surface area contributed by atoms with E-state index in [1.165, 1.54) is 10.6 Å². The second-order valence-corrected chi connectivity index (χ2v) is 8.44. The Labute approximate surface area is 151 Å². The van der Waals surface area contributed by atoms with Crippen molar-refractivity contribution in [2.45, 2.75) is 19.4 Å². The molecule has 8 heteroatoms. The number of sulfonamides is 1. The highest BCUT2D eigenvalue weighted by Gasteiger charge is 2.32. The summed E-state index contributed by atoms with van der Waals surface area (Å²) in [7, 11) is -3.34. The Morgan fingerprint density at radius 2 is 2.08 bits per heavy atom. The van der Waals surface area contributed by atoms with Gasteiger partial charge in [0, 0.05) is 22.7 Å². The maximum absolute atomic E-state index is 12.6. The molecule has 134 valence electrons. The lowest BCUT2D eigenvalue weighted by Crippen LogP contribution is -2.34. The summed E-state index contributed by atoms with van der Waals surface area (Å²) < 4.78 is 25.4. The van der Waals surface area contributed by atoms with Crippen LogP contribution in [0.2, 0.25) is 0 Å². The fourth-order valence-electron chi connectivity index (χ4n) is 3.47. The summed E-state index contributed by atoms with van der Waals surface area (Å²) >= 11 is 0. The van der Waals surface area contributed by atoms with E-state index in [0.29, 0.717) is 23.4 Å². The van der Waals surface area contributed by atoms with Crippen LogP contribution in [0.4, 0.5) is 11.4 Å². The van der Waals surface area contributed by atoms with Gasteiger partial charge >= 0.3 is 0 Å².